The third-order valence-electron chi connectivity index (χ3n) is 2.94. The summed E-state index contributed by atoms with van der Waals surface area (Å²) in [6.07, 6.45) is 3.09. The first-order chi connectivity index (χ1) is 10.6. The first-order valence-corrected chi connectivity index (χ1v) is 8.22. The molecule has 0 spiro atoms. The Morgan fingerprint density at radius 1 is 1.36 bits per heavy atom. The highest BCUT2D eigenvalue weighted by Gasteiger charge is 2.17. The van der Waals surface area contributed by atoms with Crippen molar-refractivity contribution in [1.82, 2.24) is 9.55 Å². The molecule has 1 aromatic heterocycles. The normalized spacial score (nSPS) is 10.5. The highest BCUT2D eigenvalue weighted by atomic mass is 35.5. The summed E-state index contributed by atoms with van der Waals surface area (Å²) in [6, 6.07) is 7.17. The topological polar surface area (TPSA) is 61.2 Å². The van der Waals surface area contributed by atoms with Gasteiger partial charge in [-0.15, -0.1) is 0 Å². The largest absolute Gasteiger partial charge is 0.462 e. The molecular weight excluding hydrogens is 324 g/mol. The van der Waals surface area contributed by atoms with Gasteiger partial charge in [-0.25, -0.2) is 9.78 Å². The lowest BCUT2D eigenvalue weighted by Gasteiger charge is -2.12. The van der Waals surface area contributed by atoms with Crippen LogP contribution in [0.1, 0.15) is 22.8 Å². The molecule has 0 aliphatic rings. The van der Waals surface area contributed by atoms with E-state index in [1.54, 1.807) is 19.1 Å². The molecule has 7 heteroatoms. The number of nitrogens with zero attached hydrogens (tertiary/aromatic N) is 2. The Hall–Kier alpha value is -1.79. The fourth-order valence-electron chi connectivity index (χ4n) is 1.90. The molecule has 0 bridgehead atoms. The van der Waals surface area contributed by atoms with Gasteiger partial charge in [0.25, 0.3) is 5.56 Å². The van der Waals surface area contributed by atoms with E-state index in [1.165, 1.54) is 22.5 Å². The van der Waals surface area contributed by atoms with Crippen molar-refractivity contribution >= 4 is 29.3 Å². The van der Waals surface area contributed by atoms with Crippen molar-refractivity contribution < 1.29 is 9.53 Å². The molecule has 0 radical (unpaired) electrons. The van der Waals surface area contributed by atoms with Crippen LogP contribution in [0.2, 0.25) is 5.02 Å². The molecule has 2 aromatic rings. The fourth-order valence-corrected chi connectivity index (χ4v) is 2.55. The van der Waals surface area contributed by atoms with Gasteiger partial charge in [-0.05, 0) is 30.9 Å². The SMILES string of the molecule is CCOC(=O)c1cnc(SC)n(Cc2ccc(Cl)cc2)c1=O. The standard InChI is InChI=1S/C15H15ClN2O3S/c1-3-21-14(20)12-8-17-15(22-2)18(13(12)19)9-10-4-6-11(16)7-5-10/h4-8H,3,9H2,1-2H3. The number of thioether (sulfide) groups is 1. The number of esters is 1. The zero-order valence-electron chi connectivity index (χ0n) is 12.2. The highest BCUT2D eigenvalue weighted by Crippen LogP contribution is 2.14. The molecular formula is C15H15ClN2O3S. The maximum atomic E-state index is 12.5. The van der Waals surface area contributed by atoms with Crippen molar-refractivity contribution in [1.29, 1.82) is 0 Å². The van der Waals surface area contributed by atoms with Gasteiger partial charge in [0.05, 0.1) is 19.3 Å². The van der Waals surface area contributed by atoms with Gasteiger partial charge in [-0.2, -0.15) is 0 Å². The molecule has 5 nitrogen and oxygen atoms in total. The van der Waals surface area contributed by atoms with Gasteiger partial charge in [0, 0.05) is 5.02 Å². The number of aromatic nitrogens is 2. The average Bonchev–Trinajstić information content (AvgIpc) is 2.51. The van der Waals surface area contributed by atoms with Crippen LogP contribution in [-0.2, 0) is 11.3 Å². The number of ether oxygens (including phenoxy) is 1. The summed E-state index contributed by atoms with van der Waals surface area (Å²) in [6.45, 7) is 2.21. The van der Waals surface area contributed by atoms with E-state index in [0.717, 1.165) is 5.56 Å². The van der Waals surface area contributed by atoms with Crippen LogP contribution >= 0.6 is 23.4 Å². The van der Waals surface area contributed by atoms with E-state index in [0.29, 0.717) is 16.7 Å². The van der Waals surface area contributed by atoms with E-state index >= 15 is 0 Å². The summed E-state index contributed by atoms with van der Waals surface area (Å²) < 4.78 is 6.35. The first kappa shape index (κ1) is 16.6. The van der Waals surface area contributed by atoms with Crippen molar-refractivity contribution in [2.45, 2.75) is 18.6 Å². The van der Waals surface area contributed by atoms with E-state index in [9.17, 15) is 9.59 Å². The Morgan fingerprint density at radius 3 is 2.64 bits per heavy atom. The van der Waals surface area contributed by atoms with Crippen LogP contribution in [0.15, 0.2) is 40.4 Å². The molecule has 0 unspecified atom stereocenters. The molecule has 2 rings (SSSR count). The summed E-state index contributed by atoms with van der Waals surface area (Å²) in [7, 11) is 0. The predicted molar refractivity (Wildman–Crippen MR) is 86.8 cm³/mol. The Bertz CT molecular complexity index is 729. The Labute approximate surface area is 137 Å². The number of hydrogen-bond acceptors (Lipinski definition) is 5. The molecule has 0 saturated heterocycles. The van der Waals surface area contributed by atoms with Crippen LogP contribution in [0.25, 0.3) is 0 Å². The fraction of sp³-hybridized carbons (Fsp3) is 0.267. The second kappa shape index (κ2) is 7.47. The quantitative estimate of drug-likeness (QED) is 0.476. The lowest BCUT2D eigenvalue weighted by molar-refractivity contribution is 0.0522. The summed E-state index contributed by atoms with van der Waals surface area (Å²) >= 11 is 7.20. The molecule has 116 valence electrons. The van der Waals surface area contributed by atoms with Gasteiger partial charge in [0.15, 0.2) is 5.16 Å². The van der Waals surface area contributed by atoms with Crippen molar-refractivity contribution in [3.63, 3.8) is 0 Å². The number of benzene rings is 1. The molecule has 0 N–H and O–H groups in total. The summed E-state index contributed by atoms with van der Waals surface area (Å²) in [5.74, 6) is -0.655. The monoisotopic (exact) mass is 338 g/mol. The van der Waals surface area contributed by atoms with E-state index in [2.05, 4.69) is 4.98 Å². The Balaban J connectivity index is 2.43. The zero-order chi connectivity index (χ0) is 16.1. The number of hydrogen-bond donors (Lipinski definition) is 0. The van der Waals surface area contributed by atoms with Crippen molar-refractivity contribution in [2.24, 2.45) is 0 Å². The van der Waals surface area contributed by atoms with Crippen LogP contribution in [0.5, 0.6) is 0 Å². The molecule has 0 saturated carbocycles. The van der Waals surface area contributed by atoms with Crippen LogP contribution in [-0.4, -0.2) is 28.4 Å². The van der Waals surface area contributed by atoms with Crippen LogP contribution < -0.4 is 5.56 Å². The molecule has 0 fully saturated rings. The lowest BCUT2D eigenvalue weighted by atomic mass is 10.2. The number of carbonyl (C=O) groups excluding carboxylic acids is 1. The van der Waals surface area contributed by atoms with Crippen molar-refractivity contribution in [3.05, 3.63) is 57.0 Å². The third-order valence-corrected chi connectivity index (χ3v) is 3.89. The van der Waals surface area contributed by atoms with Crippen molar-refractivity contribution in [3.8, 4) is 0 Å². The minimum absolute atomic E-state index is 0.0615. The summed E-state index contributed by atoms with van der Waals surface area (Å²) in [4.78, 5) is 28.5. The van der Waals surface area contributed by atoms with Gasteiger partial charge in [0.2, 0.25) is 0 Å². The van der Waals surface area contributed by atoms with Crippen LogP contribution in [0.4, 0.5) is 0 Å². The number of carbonyl (C=O) groups is 1. The zero-order valence-corrected chi connectivity index (χ0v) is 13.8. The molecule has 0 aliphatic heterocycles. The molecule has 1 heterocycles. The smallest absolute Gasteiger partial charge is 0.345 e. The highest BCUT2D eigenvalue weighted by molar-refractivity contribution is 7.98. The molecule has 0 amide bonds. The Morgan fingerprint density at radius 2 is 2.05 bits per heavy atom. The van der Waals surface area contributed by atoms with Gasteiger partial charge in [0.1, 0.15) is 5.56 Å². The van der Waals surface area contributed by atoms with Crippen LogP contribution in [0.3, 0.4) is 0 Å². The van der Waals surface area contributed by atoms with E-state index in [-0.39, 0.29) is 12.2 Å². The van der Waals surface area contributed by atoms with Crippen LogP contribution in [0, 0.1) is 0 Å². The maximum absolute atomic E-state index is 12.5. The maximum Gasteiger partial charge on any atom is 0.345 e. The van der Waals surface area contributed by atoms with Gasteiger partial charge in [-0.1, -0.05) is 35.5 Å². The molecule has 1 aromatic carbocycles. The lowest BCUT2D eigenvalue weighted by Crippen LogP contribution is -2.29. The van der Waals surface area contributed by atoms with E-state index in [1.807, 2.05) is 18.4 Å². The number of halogens is 1. The molecule has 0 aliphatic carbocycles. The minimum Gasteiger partial charge on any atom is -0.462 e. The summed E-state index contributed by atoms with van der Waals surface area (Å²) in [5, 5.41) is 1.16. The third kappa shape index (κ3) is 3.69. The van der Waals surface area contributed by atoms with Gasteiger partial charge in [-0.3, -0.25) is 9.36 Å². The Kier molecular flexibility index (Phi) is 5.63. The molecule has 22 heavy (non-hydrogen) atoms. The average molecular weight is 339 g/mol. The van der Waals surface area contributed by atoms with Gasteiger partial charge < -0.3 is 4.74 Å². The minimum atomic E-state index is -0.655. The first-order valence-electron chi connectivity index (χ1n) is 6.62. The summed E-state index contributed by atoms with van der Waals surface area (Å²) in [5.41, 5.74) is 0.422. The molecule has 0 atom stereocenters. The number of rotatable bonds is 5. The van der Waals surface area contributed by atoms with E-state index in [4.69, 9.17) is 16.3 Å². The van der Waals surface area contributed by atoms with Crippen molar-refractivity contribution in [2.75, 3.05) is 12.9 Å². The van der Waals surface area contributed by atoms with Gasteiger partial charge >= 0.3 is 5.97 Å². The second-order valence-electron chi connectivity index (χ2n) is 4.40. The van der Waals surface area contributed by atoms with E-state index < -0.39 is 11.5 Å². The predicted octanol–water partition coefficient (Wildman–Crippen LogP) is 2.84. The second-order valence-corrected chi connectivity index (χ2v) is 5.61.